The van der Waals surface area contributed by atoms with Crippen LogP contribution >= 0.6 is 21.6 Å². The molecule has 1 aliphatic heterocycles. The third-order valence-corrected chi connectivity index (χ3v) is 7.86. The minimum Gasteiger partial charge on any atom is -0.256 e. The molecule has 4 heteroatoms. The largest absolute Gasteiger partial charge is 0.256 e. The van der Waals surface area contributed by atoms with Crippen LogP contribution in [0.25, 0.3) is 11.1 Å². The second kappa shape index (κ2) is 9.19. The van der Waals surface area contributed by atoms with Gasteiger partial charge in [-0.25, -0.2) is 0 Å². The van der Waals surface area contributed by atoms with Gasteiger partial charge in [-0.3, -0.25) is 9.98 Å². The molecule has 0 aromatic heterocycles. The Labute approximate surface area is 196 Å². The summed E-state index contributed by atoms with van der Waals surface area (Å²) in [7, 11) is 3.64. The molecule has 0 spiro atoms. The molecule has 32 heavy (non-hydrogen) atoms. The molecule has 156 valence electrons. The van der Waals surface area contributed by atoms with Crippen LogP contribution in [0.4, 0.5) is 11.4 Å². The standard InChI is InChI=1S/C28H22N2S2/c1-19-13-27-23(15-25(19)29-17-21-9-5-3-6-10-21)24-16-26(20(2)14-28(24)32-31-27)30-18-22-11-7-4-8-12-22/h3-18H,1-2H3/b29-17+,30-18+. The monoisotopic (exact) mass is 450 g/mol. The molecule has 0 bridgehead atoms. The van der Waals surface area contributed by atoms with Crippen LogP contribution in [0.1, 0.15) is 22.3 Å². The Morgan fingerprint density at radius 3 is 1.38 bits per heavy atom. The molecule has 1 aliphatic rings. The molecular formula is C28H22N2S2. The van der Waals surface area contributed by atoms with Crippen LogP contribution < -0.4 is 0 Å². The quantitative estimate of drug-likeness (QED) is 0.230. The third-order valence-electron chi connectivity index (χ3n) is 5.41. The lowest BCUT2D eigenvalue weighted by Crippen LogP contribution is -1.93. The van der Waals surface area contributed by atoms with E-state index >= 15 is 0 Å². The van der Waals surface area contributed by atoms with Crippen LogP contribution in [0.2, 0.25) is 0 Å². The Morgan fingerprint density at radius 2 is 0.969 bits per heavy atom. The first-order chi connectivity index (χ1) is 15.7. The van der Waals surface area contributed by atoms with Crippen LogP contribution in [0.5, 0.6) is 0 Å². The summed E-state index contributed by atoms with van der Waals surface area (Å²) >= 11 is 0. The maximum atomic E-state index is 4.80. The van der Waals surface area contributed by atoms with Gasteiger partial charge < -0.3 is 0 Å². The fraction of sp³-hybridized carbons (Fsp3) is 0.0714. The van der Waals surface area contributed by atoms with Crippen LogP contribution in [0.15, 0.2) is 105 Å². The van der Waals surface area contributed by atoms with Crippen molar-refractivity contribution in [2.75, 3.05) is 0 Å². The number of aliphatic imine (C=N–C) groups is 2. The predicted octanol–water partition coefficient (Wildman–Crippen LogP) is 8.58. The van der Waals surface area contributed by atoms with Gasteiger partial charge in [0.25, 0.3) is 0 Å². The van der Waals surface area contributed by atoms with Crippen molar-refractivity contribution in [2.45, 2.75) is 23.6 Å². The van der Waals surface area contributed by atoms with Crippen LogP contribution in [-0.2, 0) is 0 Å². The highest BCUT2D eigenvalue weighted by Gasteiger charge is 2.20. The third kappa shape index (κ3) is 4.43. The van der Waals surface area contributed by atoms with Crippen molar-refractivity contribution in [1.29, 1.82) is 0 Å². The maximum Gasteiger partial charge on any atom is 0.0666 e. The Hall–Kier alpha value is -3.08. The summed E-state index contributed by atoms with van der Waals surface area (Å²) < 4.78 is 0. The highest BCUT2D eigenvalue weighted by atomic mass is 33.1. The first-order valence-electron chi connectivity index (χ1n) is 10.5. The molecule has 0 saturated heterocycles. The Bertz CT molecular complexity index is 1220. The average Bonchev–Trinajstić information content (AvgIpc) is 2.83. The van der Waals surface area contributed by atoms with E-state index in [1.807, 2.05) is 70.4 Å². The smallest absolute Gasteiger partial charge is 0.0666 e. The zero-order valence-corrected chi connectivity index (χ0v) is 19.6. The number of hydrogen-bond acceptors (Lipinski definition) is 4. The number of nitrogens with zero attached hydrogens (tertiary/aromatic N) is 2. The molecule has 0 saturated carbocycles. The fourth-order valence-electron chi connectivity index (χ4n) is 3.63. The molecule has 4 aromatic rings. The lowest BCUT2D eigenvalue weighted by atomic mass is 10.00. The van der Waals surface area contributed by atoms with E-state index in [-0.39, 0.29) is 0 Å². The first kappa shape index (κ1) is 20.8. The van der Waals surface area contributed by atoms with Gasteiger partial charge in [-0.05, 0) is 71.5 Å². The van der Waals surface area contributed by atoms with Crippen molar-refractivity contribution in [3.63, 3.8) is 0 Å². The fourth-order valence-corrected chi connectivity index (χ4v) is 6.15. The Morgan fingerprint density at radius 1 is 0.562 bits per heavy atom. The molecule has 4 aromatic carbocycles. The van der Waals surface area contributed by atoms with Gasteiger partial charge in [0, 0.05) is 22.2 Å². The van der Waals surface area contributed by atoms with Crippen molar-refractivity contribution >= 4 is 45.4 Å². The van der Waals surface area contributed by atoms with Gasteiger partial charge in [0.1, 0.15) is 0 Å². The molecule has 0 radical (unpaired) electrons. The molecule has 0 fully saturated rings. The van der Waals surface area contributed by atoms with Gasteiger partial charge in [0.05, 0.1) is 11.4 Å². The molecular weight excluding hydrogens is 428 g/mol. The van der Waals surface area contributed by atoms with E-state index in [1.54, 1.807) is 0 Å². The molecule has 0 unspecified atom stereocenters. The Balaban J connectivity index is 1.54. The highest BCUT2D eigenvalue weighted by molar-refractivity contribution is 8.76. The van der Waals surface area contributed by atoms with Gasteiger partial charge in [-0.15, -0.1) is 0 Å². The zero-order valence-electron chi connectivity index (χ0n) is 17.9. The summed E-state index contributed by atoms with van der Waals surface area (Å²) in [6, 6.07) is 29.4. The predicted molar refractivity (Wildman–Crippen MR) is 140 cm³/mol. The van der Waals surface area contributed by atoms with Gasteiger partial charge >= 0.3 is 0 Å². The van der Waals surface area contributed by atoms with Crippen molar-refractivity contribution in [1.82, 2.24) is 0 Å². The van der Waals surface area contributed by atoms with Gasteiger partial charge in [0.15, 0.2) is 0 Å². The van der Waals surface area contributed by atoms with E-state index in [9.17, 15) is 0 Å². The van der Waals surface area contributed by atoms with E-state index < -0.39 is 0 Å². The van der Waals surface area contributed by atoms with Crippen molar-refractivity contribution < 1.29 is 0 Å². The van der Waals surface area contributed by atoms with Crippen LogP contribution in [0, 0.1) is 13.8 Å². The van der Waals surface area contributed by atoms with Crippen molar-refractivity contribution in [2.24, 2.45) is 9.98 Å². The van der Waals surface area contributed by atoms with E-state index in [4.69, 9.17) is 9.98 Å². The molecule has 2 nitrogen and oxygen atoms in total. The minimum atomic E-state index is 1.00. The Kier molecular flexibility index (Phi) is 5.97. The summed E-state index contributed by atoms with van der Waals surface area (Å²) in [5.74, 6) is 0. The van der Waals surface area contributed by atoms with E-state index in [1.165, 1.54) is 32.0 Å². The molecule has 1 heterocycles. The van der Waals surface area contributed by atoms with E-state index in [2.05, 4.69) is 62.4 Å². The summed E-state index contributed by atoms with van der Waals surface area (Å²) in [6.07, 6.45) is 3.87. The zero-order chi connectivity index (χ0) is 21.9. The van der Waals surface area contributed by atoms with E-state index in [0.717, 1.165) is 22.5 Å². The molecule has 5 rings (SSSR count). The SMILES string of the molecule is Cc1cc2c(cc1/N=C/c1ccccc1)-c1cc(/N=C/c3ccccc3)c(C)cc1SS2. The topological polar surface area (TPSA) is 24.7 Å². The average molecular weight is 451 g/mol. The lowest BCUT2D eigenvalue weighted by Gasteiger charge is -2.21. The summed E-state index contributed by atoms with van der Waals surface area (Å²) in [5, 5.41) is 0. The minimum absolute atomic E-state index is 1.00. The number of hydrogen-bond donors (Lipinski definition) is 0. The molecule has 0 amide bonds. The van der Waals surface area contributed by atoms with E-state index in [0.29, 0.717) is 0 Å². The summed E-state index contributed by atoms with van der Waals surface area (Å²) in [4.78, 5) is 12.2. The number of rotatable bonds is 4. The van der Waals surface area contributed by atoms with Gasteiger partial charge in [0.2, 0.25) is 0 Å². The first-order valence-corrected chi connectivity index (χ1v) is 12.6. The number of benzene rings is 4. The van der Waals surface area contributed by atoms with Crippen molar-refractivity contribution in [3.05, 3.63) is 107 Å². The number of aryl methyl sites for hydroxylation is 2. The van der Waals surface area contributed by atoms with Crippen molar-refractivity contribution in [3.8, 4) is 11.1 Å². The van der Waals surface area contributed by atoms with Crippen LogP contribution in [0.3, 0.4) is 0 Å². The molecule has 0 atom stereocenters. The van der Waals surface area contributed by atoms with Gasteiger partial charge in [-0.2, -0.15) is 0 Å². The van der Waals surface area contributed by atoms with Gasteiger partial charge in [-0.1, -0.05) is 82.3 Å². The summed E-state index contributed by atoms with van der Waals surface area (Å²) in [5.41, 5.74) is 9.02. The normalized spacial score (nSPS) is 12.8. The van der Waals surface area contributed by atoms with Crippen LogP contribution in [-0.4, -0.2) is 12.4 Å². The maximum absolute atomic E-state index is 4.80. The molecule has 0 N–H and O–H groups in total. The number of fused-ring (bicyclic) bond motifs is 3. The second-order valence-corrected chi connectivity index (χ2v) is 9.99. The lowest BCUT2D eigenvalue weighted by molar-refractivity contribution is 1.28. The second-order valence-electron chi connectivity index (χ2n) is 7.77. The summed E-state index contributed by atoms with van der Waals surface area (Å²) in [6.45, 7) is 4.26. The molecule has 0 aliphatic carbocycles. The highest BCUT2D eigenvalue weighted by Crippen LogP contribution is 2.53.